The summed E-state index contributed by atoms with van der Waals surface area (Å²) in [7, 11) is -0.624. The van der Waals surface area contributed by atoms with Crippen molar-refractivity contribution in [2.75, 3.05) is 31.1 Å². The third-order valence-electron chi connectivity index (χ3n) is 3.97. The largest absolute Gasteiger partial charge is 0.459 e. The van der Waals surface area contributed by atoms with Crippen LogP contribution >= 0.6 is 0 Å². The highest BCUT2D eigenvalue weighted by Crippen LogP contribution is 2.27. The maximum absolute atomic E-state index is 11.5. The van der Waals surface area contributed by atoms with E-state index >= 15 is 0 Å². The molecule has 5 heteroatoms. The monoisotopic (exact) mass is 306 g/mol. The third kappa shape index (κ3) is 3.36. The number of para-hydroxylation sites is 1. The molecule has 3 rings (SSSR count). The molecule has 1 aliphatic heterocycles. The van der Waals surface area contributed by atoms with Crippen molar-refractivity contribution in [2.24, 2.45) is 0 Å². The van der Waals surface area contributed by atoms with Gasteiger partial charge in [0.25, 0.3) is 0 Å². The fourth-order valence-corrected chi connectivity index (χ4v) is 3.89. The van der Waals surface area contributed by atoms with E-state index < -0.39 is 10.8 Å². The highest BCUT2D eigenvalue weighted by atomic mass is 32.2. The molecule has 0 unspecified atom stereocenters. The quantitative estimate of drug-likeness (QED) is 0.919. The minimum Gasteiger partial charge on any atom is -0.459 e. The smallest absolute Gasteiger partial charge is 0.134 e. The second-order valence-corrected chi connectivity index (χ2v) is 7.10. The average Bonchev–Trinajstić information content (AvgIpc) is 2.85. The number of fused-ring (bicyclic) bond motifs is 1. The van der Waals surface area contributed by atoms with Gasteiger partial charge in [-0.3, -0.25) is 9.11 Å². The Labute approximate surface area is 128 Å². The summed E-state index contributed by atoms with van der Waals surface area (Å²) in [6.45, 7) is 6.50. The topological polar surface area (TPSA) is 45.5 Å². The van der Waals surface area contributed by atoms with Gasteiger partial charge in [-0.25, -0.2) is 0 Å². The zero-order valence-electron chi connectivity index (χ0n) is 12.4. The lowest BCUT2D eigenvalue weighted by Gasteiger charge is -2.26. The van der Waals surface area contributed by atoms with E-state index in [1.54, 1.807) is 0 Å². The molecule has 1 N–H and O–H groups in total. The molecule has 0 atom stereocenters. The van der Waals surface area contributed by atoms with Crippen molar-refractivity contribution in [3.63, 3.8) is 0 Å². The van der Waals surface area contributed by atoms with Crippen LogP contribution < -0.4 is 5.32 Å². The molecule has 1 saturated heterocycles. The fourth-order valence-electron chi connectivity index (χ4n) is 2.76. The van der Waals surface area contributed by atoms with Crippen LogP contribution in [0.2, 0.25) is 0 Å². The Morgan fingerprint density at radius 1 is 1.29 bits per heavy atom. The minimum absolute atomic E-state index is 0.624. The summed E-state index contributed by atoms with van der Waals surface area (Å²) in [5, 5.41) is 4.55. The lowest BCUT2D eigenvalue weighted by Crippen LogP contribution is -2.37. The van der Waals surface area contributed by atoms with Crippen LogP contribution in [0.25, 0.3) is 11.0 Å². The lowest BCUT2D eigenvalue weighted by molar-refractivity contribution is 0.289. The van der Waals surface area contributed by atoms with Gasteiger partial charge in [-0.1, -0.05) is 25.1 Å². The Morgan fingerprint density at radius 3 is 2.81 bits per heavy atom. The van der Waals surface area contributed by atoms with Crippen LogP contribution in [0.3, 0.4) is 0 Å². The zero-order chi connectivity index (χ0) is 14.7. The summed E-state index contributed by atoms with van der Waals surface area (Å²) in [5.74, 6) is 2.61. The molecule has 0 radical (unpaired) electrons. The standard InChI is InChI=1S/C16H22N2O2S/c1-2-17-11-16-14(12-18-7-9-21(19)10-8-18)13-5-3-4-6-15(13)20-16/h3-6,17H,2,7-12H2,1H3. The number of furan rings is 1. The molecular weight excluding hydrogens is 284 g/mol. The van der Waals surface area contributed by atoms with Gasteiger partial charge in [0.15, 0.2) is 0 Å². The van der Waals surface area contributed by atoms with Crippen molar-refractivity contribution in [1.29, 1.82) is 0 Å². The summed E-state index contributed by atoms with van der Waals surface area (Å²) in [4.78, 5) is 2.38. The summed E-state index contributed by atoms with van der Waals surface area (Å²) in [6.07, 6.45) is 0. The number of rotatable bonds is 5. The molecule has 1 aromatic heterocycles. The van der Waals surface area contributed by atoms with E-state index in [0.717, 1.165) is 55.6 Å². The first-order valence-corrected chi connectivity index (χ1v) is 9.04. The minimum atomic E-state index is -0.624. The highest BCUT2D eigenvalue weighted by Gasteiger charge is 2.20. The average molecular weight is 306 g/mol. The summed E-state index contributed by atoms with van der Waals surface area (Å²) in [6, 6.07) is 8.23. The maximum atomic E-state index is 11.5. The number of nitrogens with zero attached hydrogens (tertiary/aromatic N) is 1. The van der Waals surface area contributed by atoms with E-state index in [1.165, 1.54) is 10.9 Å². The molecule has 1 aliphatic rings. The van der Waals surface area contributed by atoms with E-state index in [4.69, 9.17) is 4.42 Å². The second-order valence-electron chi connectivity index (χ2n) is 5.40. The number of hydrogen-bond acceptors (Lipinski definition) is 4. The first kappa shape index (κ1) is 14.8. The van der Waals surface area contributed by atoms with Crippen LogP contribution in [0.5, 0.6) is 0 Å². The molecule has 0 amide bonds. The van der Waals surface area contributed by atoms with Crippen molar-refractivity contribution in [1.82, 2.24) is 10.2 Å². The predicted octanol–water partition coefficient (Wildman–Crippen LogP) is 2.11. The highest BCUT2D eigenvalue weighted by molar-refractivity contribution is 7.85. The van der Waals surface area contributed by atoms with Crippen LogP contribution in [-0.4, -0.2) is 40.2 Å². The zero-order valence-corrected chi connectivity index (χ0v) is 13.2. The lowest BCUT2D eigenvalue weighted by atomic mass is 10.1. The fraction of sp³-hybridized carbons (Fsp3) is 0.500. The number of hydrogen-bond donors (Lipinski definition) is 1. The third-order valence-corrected chi connectivity index (χ3v) is 5.25. The van der Waals surface area contributed by atoms with Gasteiger partial charge in [0, 0.05) is 52.9 Å². The van der Waals surface area contributed by atoms with Crippen LogP contribution in [-0.2, 0) is 23.9 Å². The number of nitrogens with one attached hydrogen (secondary N) is 1. The van der Waals surface area contributed by atoms with Crippen molar-refractivity contribution in [3.8, 4) is 0 Å². The molecule has 2 aromatic rings. The molecule has 114 valence electrons. The Bertz CT molecular complexity index is 628. The van der Waals surface area contributed by atoms with Crippen LogP contribution in [0.4, 0.5) is 0 Å². The van der Waals surface area contributed by atoms with E-state index in [1.807, 2.05) is 12.1 Å². The molecule has 0 spiro atoms. The van der Waals surface area contributed by atoms with Crippen molar-refractivity contribution >= 4 is 21.8 Å². The van der Waals surface area contributed by atoms with E-state index in [-0.39, 0.29) is 0 Å². The SMILES string of the molecule is CCNCc1oc2ccccc2c1CN1CCS(=O)CC1. The Morgan fingerprint density at radius 2 is 2.05 bits per heavy atom. The van der Waals surface area contributed by atoms with E-state index in [0.29, 0.717) is 0 Å². The molecule has 21 heavy (non-hydrogen) atoms. The van der Waals surface area contributed by atoms with E-state index in [9.17, 15) is 4.21 Å². The van der Waals surface area contributed by atoms with Gasteiger partial charge in [0.05, 0.1) is 6.54 Å². The molecule has 0 bridgehead atoms. The van der Waals surface area contributed by atoms with E-state index in [2.05, 4.69) is 29.3 Å². The molecule has 1 aromatic carbocycles. The van der Waals surface area contributed by atoms with Gasteiger partial charge in [-0.2, -0.15) is 0 Å². The van der Waals surface area contributed by atoms with Crippen LogP contribution in [0.1, 0.15) is 18.2 Å². The normalized spacial score (nSPS) is 17.6. The second kappa shape index (κ2) is 6.73. The van der Waals surface area contributed by atoms with Gasteiger partial charge in [0.1, 0.15) is 11.3 Å². The molecule has 0 saturated carbocycles. The van der Waals surface area contributed by atoms with Gasteiger partial charge >= 0.3 is 0 Å². The first-order valence-electron chi connectivity index (χ1n) is 7.55. The Hall–Kier alpha value is -1.17. The summed E-state index contributed by atoms with van der Waals surface area (Å²) < 4.78 is 17.5. The Kier molecular flexibility index (Phi) is 4.73. The molecule has 0 aliphatic carbocycles. The van der Waals surface area contributed by atoms with Crippen LogP contribution in [0.15, 0.2) is 28.7 Å². The van der Waals surface area contributed by atoms with Crippen molar-refractivity contribution in [3.05, 3.63) is 35.6 Å². The Balaban J connectivity index is 1.85. The predicted molar refractivity (Wildman–Crippen MR) is 86.7 cm³/mol. The number of benzene rings is 1. The van der Waals surface area contributed by atoms with Gasteiger partial charge in [0.2, 0.25) is 0 Å². The van der Waals surface area contributed by atoms with Crippen molar-refractivity contribution < 1.29 is 8.63 Å². The molecule has 4 nitrogen and oxygen atoms in total. The molecule has 2 heterocycles. The molecular formula is C16H22N2O2S. The molecule has 1 fully saturated rings. The van der Waals surface area contributed by atoms with Gasteiger partial charge in [-0.15, -0.1) is 0 Å². The van der Waals surface area contributed by atoms with Gasteiger partial charge < -0.3 is 9.73 Å². The first-order chi connectivity index (χ1) is 10.3. The van der Waals surface area contributed by atoms with Crippen LogP contribution in [0, 0.1) is 0 Å². The van der Waals surface area contributed by atoms with Gasteiger partial charge in [-0.05, 0) is 12.6 Å². The van der Waals surface area contributed by atoms with Crippen molar-refractivity contribution in [2.45, 2.75) is 20.0 Å². The summed E-state index contributed by atoms with van der Waals surface area (Å²) in [5.41, 5.74) is 2.24. The maximum Gasteiger partial charge on any atom is 0.134 e. The summed E-state index contributed by atoms with van der Waals surface area (Å²) >= 11 is 0.